The Labute approximate surface area is 198 Å². The smallest absolute Gasteiger partial charge is 0.261 e. The molecular formula is C25H32BrFN2O3. The van der Waals surface area contributed by atoms with Gasteiger partial charge in [-0.1, -0.05) is 45.0 Å². The van der Waals surface area contributed by atoms with Crippen LogP contribution in [0.5, 0.6) is 5.75 Å². The van der Waals surface area contributed by atoms with Crippen molar-refractivity contribution >= 4 is 27.7 Å². The first kappa shape index (κ1) is 25.8. The van der Waals surface area contributed by atoms with Crippen LogP contribution in [0.2, 0.25) is 0 Å². The highest BCUT2D eigenvalue weighted by atomic mass is 79.9. The Balaban J connectivity index is 2.19. The molecule has 0 heterocycles. The molecule has 2 aromatic rings. The summed E-state index contributed by atoms with van der Waals surface area (Å²) in [5, 5.41) is 2.89. The van der Waals surface area contributed by atoms with Gasteiger partial charge in [0.05, 0.1) is 4.47 Å². The molecule has 2 aromatic carbocycles. The van der Waals surface area contributed by atoms with Gasteiger partial charge in [0.1, 0.15) is 17.6 Å². The molecule has 0 aliphatic carbocycles. The first-order chi connectivity index (χ1) is 15.1. The van der Waals surface area contributed by atoms with Gasteiger partial charge in [-0.3, -0.25) is 9.59 Å². The molecule has 2 amide bonds. The van der Waals surface area contributed by atoms with Crippen LogP contribution in [0.1, 0.15) is 58.1 Å². The lowest BCUT2D eigenvalue weighted by molar-refractivity contribution is -0.142. The highest BCUT2D eigenvalue weighted by Gasteiger charge is 2.28. The molecule has 32 heavy (non-hydrogen) atoms. The Morgan fingerprint density at radius 1 is 1.12 bits per heavy atom. The summed E-state index contributed by atoms with van der Waals surface area (Å²) in [6, 6.07) is 11.2. The third kappa shape index (κ3) is 7.05. The number of hydrogen-bond donors (Lipinski definition) is 1. The number of amides is 2. The van der Waals surface area contributed by atoms with Gasteiger partial charge >= 0.3 is 0 Å². The van der Waals surface area contributed by atoms with E-state index in [-0.39, 0.29) is 25.1 Å². The van der Waals surface area contributed by atoms with Crippen molar-refractivity contribution in [2.75, 3.05) is 6.61 Å². The van der Waals surface area contributed by atoms with Gasteiger partial charge in [0, 0.05) is 18.2 Å². The second-order valence-corrected chi connectivity index (χ2v) is 9.09. The van der Waals surface area contributed by atoms with Crippen molar-refractivity contribution in [3.8, 4) is 5.75 Å². The van der Waals surface area contributed by atoms with E-state index in [1.54, 1.807) is 25.1 Å². The number of benzene rings is 2. The predicted octanol–water partition coefficient (Wildman–Crippen LogP) is 5.42. The summed E-state index contributed by atoms with van der Waals surface area (Å²) in [5.41, 5.74) is 1.48. The standard InChI is InChI=1S/C25H32BrFN2O3/c1-6-17(4)28-25(31)18(5)29(14-20-9-7-8-10-22(20)27)24(30)15-32-23-12-11-19(16(2)3)13-21(23)26/h7-13,16-18H,6,14-15H2,1-5H3,(H,28,31)/t17-,18+/m0/s1. The SMILES string of the molecule is CC[C@H](C)NC(=O)[C@@H](C)N(Cc1ccccc1F)C(=O)COc1ccc(C(C)C)cc1Br. The van der Waals surface area contributed by atoms with E-state index < -0.39 is 17.8 Å². The van der Waals surface area contributed by atoms with Crippen molar-refractivity contribution in [2.45, 2.75) is 65.6 Å². The maximum Gasteiger partial charge on any atom is 0.261 e. The van der Waals surface area contributed by atoms with Gasteiger partial charge in [0.2, 0.25) is 5.91 Å². The van der Waals surface area contributed by atoms with E-state index in [0.717, 1.165) is 16.5 Å². The first-order valence-corrected chi connectivity index (χ1v) is 11.7. The summed E-state index contributed by atoms with van der Waals surface area (Å²) in [7, 11) is 0. The molecule has 0 fully saturated rings. The van der Waals surface area contributed by atoms with Gasteiger partial charge in [0.15, 0.2) is 6.61 Å². The normalized spacial score (nSPS) is 12.9. The minimum atomic E-state index is -0.786. The summed E-state index contributed by atoms with van der Waals surface area (Å²) >= 11 is 3.49. The van der Waals surface area contributed by atoms with Crippen molar-refractivity contribution in [3.05, 3.63) is 63.9 Å². The lowest BCUT2D eigenvalue weighted by Crippen LogP contribution is -2.50. The molecule has 0 radical (unpaired) electrons. The van der Waals surface area contributed by atoms with Gasteiger partial charge < -0.3 is 15.0 Å². The number of nitrogens with one attached hydrogen (secondary N) is 1. The Morgan fingerprint density at radius 3 is 2.41 bits per heavy atom. The Morgan fingerprint density at radius 2 is 1.81 bits per heavy atom. The first-order valence-electron chi connectivity index (χ1n) is 10.9. The van der Waals surface area contributed by atoms with Crippen molar-refractivity contribution in [3.63, 3.8) is 0 Å². The number of rotatable bonds is 10. The zero-order valence-corrected chi connectivity index (χ0v) is 20.9. The maximum atomic E-state index is 14.3. The van der Waals surface area contributed by atoms with Crippen LogP contribution in [0.3, 0.4) is 0 Å². The van der Waals surface area contributed by atoms with E-state index >= 15 is 0 Å². The molecule has 0 spiro atoms. The van der Waals surface area contributed by atoms with Gasteiger partial charge in [-0.25, -0.2) is 4.39 Å². The van der Waals surface area contributed by atoms with Crippen molar-refractivity contribution in [1.29, 1.82) is 0 Å². The van der Waals surface area contributed by atoms with Crippen LogP contribution in [0.15, 0.2) is 46.9 Å². The molecule has 0 bridgehead atoms. The second-order valence-electron chi connectivity index (χ2n) is 8.24. The fourth-order valence-corrected chi connectivity index (χ4v) is 3.58. The monoisotopic (exact) mass is 506 g/mol. The minimum absolute atomic E-state index is 0.0259. The number of carbonyl (C=O) groups excluding carboxylic acids is 2. The van der Waals surface area contributed by atoms with Gasteiger partial charge in [-0.15, -0.1) is 0 Å². The van der Waals surface area contributed by atoms with E-state index in [2.05, 4.69) is 35.1 Å². The molecule has 0 aliphatic heterocycles. The molecule has 1 N–H and O–H groups in total. The Kier molecular flexibility index (Phi) is 9.69. The topological polar surface area (TPSA) is 58.6 Å². The molecule has 7 heteroatoms. The molecule has 2 rings (SSSR count). The van der Waals surface area contributed by atoms with Crippen LogP contribution in [0.25, 0.3) is 0 Å². The molecule has 174 valence electrons. The van der Waals surface area contributed by atoms with Crippen LogP contribution >= 0.6 is 15.9 Å². The predicted molar refractivity (Wildman–Crippen MR) is 128 cm³/mol. The number of hydrogen-bond acceptors (Lipinski definition) is 3. The van der Waals surface area contributed by atoms with E-state index in [0.29, 0.717) is 17.2 Å². The zero-order chi connectivity index (χ0) is 23.8. The average Bonchev–Trinajstić information content (AvgIpc) is 2.76. The van der Waals surface area contributed by atoms with E-state index in [9.17, 15) is 14.0 Å². The number of ether oxygens (including phenoxy) is 1. The van der Waals surface area contributed by atoms with Gasteiger partial charge in [-0.05, 0) is 65.9 Å². The largest absolute Gasteiger partial charge is 0.483 e. The summed E-state index contributed by atoms with van der Waals surface area (Å²) < 4.78 is 20.8. The Bertz CT molecular complexity index is 935. The highest BCUT2D eigenvalue weighted by molar-refractivity contribution is 9.10. The molecule has 0 aliphatic rings. The molecule has 5 nitrogen and oxygen atoms in total. The Hall–Kier alpha value is -2.41. The molecule has 0 saturated carbocycles. The van der Waals surface area contributed by atoms with E-state index in [1.807, 2.05) is 32.0 Å². The zero-order valence-electron chi connectivity index (χ0n) is 19.3. The number of carbonyl (C=O) groups is 2. The molecule has 2 atom stereocenters. The molecular weight excluding hydrogens is 475 g/mol. The summed E-state index contributed by atoms with van der Waals surface area (Å²) in [5.74, 6) is -0.215. The third-order valence-corrected chi connectivity index (χ3v) is 6.06. The van der Waals surface area contributed by atoms with Crippen LogP contribution in [-0.2, 0) is 16.1 Å². The van der Waals surface area contributed by atoms with E-state index in [4.69, 9.17) is 4.74 Å². The fraction of sp³-hybridized carbons (Fsp3) is 0.440. The molecule has 0 saturated heterocycles. The number of halogens is 2. The molecule has 0 unspecified atom stereocenters. The third-order valence-electron chi connectivity index (χ3n) is 5.44. The maximum absolute atomic E-state index is 14.3. The van der Waals surface area contributed by atoms with Crippen molar-refractivity contribution in [2.24, 2.45) is 0 Å². The second kappa shape index (κ2) is 12.0. The van der Waals surface area contributed by atoms with Crippen LogP contribution in [0, 0.1) is 5.82 Å². The lowest BCUT2D eigenvalue weighted by atomic mass is 10.0. The van der Waals surface area contributed by atoms with Gasteiger partial charge in [-0.2, -0.15) is 0 Å². The quantitative estimate of drug-likeness (QED) is 0.467. The van der Waals surface area contributed by atoms with Crippen molar-refractivity contribution < 1.29 is 18.7 Å². The van der Waals surface area contributed by atoms with Crippen LogP contribution in [0.4, 0.5) is 4.39 Å². The minimum Gasteiger partial charge on any atom is -0.483 e. The lowest BCUT2D eigenvalue weighted by Gasteiger charge is -2.29. The highest BCUT2D eigenvalue weighted by Crippen LogP contribution is 2.29. The summed E-state index contributed by atoms with van der Waals surface area (Å²) in [4.78, 5) is 27.2. The van der Waals surface area contributed by atoms with Crippen LogP contribution < -0.4 is 10.1 Å². The summed E-state index contributed by atoms with van der Waals surface area (Å²) in [6.07, 6.45) is 0.767. The average molecular weight is 507 g/mol. The fourth-order valence-electron chi connectivity index (χ4n) is 3.07. The van der Waals surface area contributed by atoms with Crippen LogP contribution in [-0.4, -0.2) is 35.4 Å². The van der Waals surface area contributed by atoms with Gasteiger partial charge in [0.25, 0.3) is 5.91 Å². The summed E-state index contributed by atoms with van der Waals surface area (Å²) in [6.45, 7) is 9.40. The van der Waals surface area contributed by atoms with E-state index in [1.165, 1.54) is 11.0 Å². The van der Waals surface area contributed by atoms with Crippen molar-refractivity contribution in [1.82, 2.24) is 10.2 Å². The molecule has 0 aromatic heterocycles. The number of nitrogens with zero attached hydrogens (tertiary/aromatic N) is 1.